The Balaban J connectivity index is 1.44. The molecule has 0 aliphatic rings. The predicted molar refractivity (Wildman–Crippen MR) is 136 cm³/mol. The number of nitrogens with one attached hydrogen (secondary N) is 1. The number of amides is 1. The third kappa shape index (κ3) is 6.90. The van der Waals surface area contributed by atoms with Crippen LogP contribution in [-0.4, -0.2) is 41.5 Å². The largest absolute Gasteiger partial charge is 0.465 e. The topological polar surface area (TPSA) is 172 Å². The molecule has 1 aromatic heterocycles. The van der Waals surface area contributed by atoms with Crippen molar-refractivity contribution in [2.45, 2.75) is 19.3 Å². The molecule has 10 nitrogen and oxygen atoms in total. The molecule has 35 heavy (non-hydrogen) atoms. The number of nitrogens with two attached hydrogens (primary N) is 3. The summed E-state index contributed by atoms with van der Waals surface area (Å²) in [6.07, 6.45) is 2.55. The lowest BCUT2D eigenvalue weighted by Gasteiger charge is -2.07. The summed E-state index contributed by atoms with van der Waals surface area (Å²) in [6, 6.07) is 15.5. The monoisotopic (exact) mass is 495 g/mol. The minimum absolute atomic E-state index is 0.0493. The molecule has 7 N–H and O–H groups in total. The number of benzene rings is 2. The summed E-state index contributed by atoms with van der Waals surface area (Å²) in [7, 11) is 1.36. The summed E-state index contributed by atoms with van der Waals surface area (Å²) < 4.78 is 4.72. The van der Waals surface area contributed by atoms with Gasteiger partial charge in [-0.25, -0.2) is 14.8 Å². The van der Waals surface area contributed by atoms with Crippen LogP contribution in [0.25, 0.3) is 11.1 Å². The Morgan fingerprint density at radius 2 is 1.60 bits per heavy atom. The van der Waals surface area contributed by atoms with E-state index in [0.717, 1.165) is 30.4 Å². The highest BCUT2D eigenvalue weighted by Gasteiger charge is 2.16. The average molecular weight is 496 g/mol. The smallest absolute Gasteiger partial charge is 0.337 e. The number of halogens is 1. The Hall–Kier alpha value is -4.18. The molecule has 0 unspecified atom stereocenters. The standard InChI is InChI=1S/C24H26ClN7O3/c1-35-23(34)17-11-9-16(10-12-17)15-7-5-14(6-8-15)4-2-3-13-29-24(28)32-22(33)18-20(26)31-21(27)19(25)30-18/h5-12H,2-4,13H2,1H3,(H4,26,27,31)(H3,28,29,32,33). The number of carbonyl (C=O) groups excluding carboxylic acids is 2. The maximum absolute atomic E-state index is 12.2. The first kappa shape index (κ1) is 25.4. The van der Waals surface area contributed by atoms with Gasteiger partial charge in [0.2, 0.25) is 0 Å². The van der Waals surface area contributed by atoms with E-state index in [1.807, 2.05) is 24.3 Å². The lowest BCUT2D eigenvalue weighted by atomic mass is 10.0. The van der Waals surface area contributed by atoms with Crippen molar-refractivity contribution in [1.29, 1.82) is 0 Å². The first-order chi connectivity index (χ1) is 16.8. The number of aliphatic imine (C=N–C) groups is 1. The number of rotatable bonds is 8. The molecule has 0 spiro atoms. The van der Waals surface area contributed by atoms with Crippen LogP contribution in [0.3, 0.4) is 0 Å². The quantitative estimate of drug-likeness (QED) is 0.160. The van der Waals surface area contributed by atoms with E-state index >= 15 is 0 Å². The molecule has 3 rings (SSSR count). The minimum atomic E-state index is -0.668. The number of guanidine groups is 1. The molecule has 2 aromatic carbocycles. The molecule has 0 aliphatic heterocycles. The van der Waals surface area contributed by atoms with E-state index in [0.29, 0.717) is 12.1 Å². The molecule has 3 aromatic rings. The van der Waals surface area contributed by atoms with Gasteiger partial charge in [-0.15, -0.1) is 0 Å². The van der Waals surface area contributed by atoms with E-state index in [1.165, 1.54) is 12.7 Å². The zero-order valence-electron chi connectivity index (χ0n) is 19.1. The van der Waals surface area contributed by atoms with Gasteiger partial charge in [-0.2, -0.15) is 0 Å². The van der Waals surface area contributed by atoms with Crippen LogP contribution < -0.4 is 22.5 Å². The number of carbonyl (C=O) groups is 2. The van der Waals surface area contributed by atoms with Crippen molar-refractivity contribution in [3.8, 4) is 11.1 Å². The second-order valence-corrected chi connectivity index (χ2v) is 7.94. The molecule has 1 amide bonds. The third-order valence-corrected chi connectivity index (χ3v) is 5.39. The second-order valence-electron chi connectivity index (χ2n) is 7.58. The summed E-state index contributed by atoms with van der Waals surface area (Å²) in [6.45, 7) is 0.445. The van der Waals surface area contributed by atoms with E-state index in [2.05, 4.69) is 32.4 Å². The molecule has 0 aliphatic carbocycles. The highest BCUT2D eigenvalue weighted by atomic mass is 35.5. The van der Waals surface area contributed by atoms with Gasteiger partial charge >= 0.3 is 5.97 Å². The van der Waals surface area contributed by atoms with Gasteiger partial charge in [0.05, 0.1) is 12.7 Å². The Labute approximate surface area is 207 Å². The third-order valence-electron chi connectivity index (χ3n) is 5.11. The van der Waals surface area contributed by atoms with Gasteiger partial charge in [0.15, 0.2) is 28.4 Å². The number of aromatic nitrogens is 2. The van der Waals surface area contributed by atoms with Crippen LogP contribution in [0.1, 0.15) is 39.3 Å². The zero-order chi connectivity index (χ0) is 25.4. The van der Waals surface area contributed by atoms with Gasteiger partial charge in [0.25, 0.3) is 5.91 Å². The fourth-order valence-electron chi connectivity index (χ4n) is 3.24. The van der Waals surface area contributed by atoms with Crippen LogP contribution >= 0.6 is 11.6 Å². The van der Waals surface area contributed by atoms with Gasteiger partial charge in [-0.1, -0.05) is 48.0 Å². The number of methoxy groups -OCH3 is 1. The fraction of sp³-hybridized carbons (Fsp3) is 0.208. The van der Waals surface area contributed by atoms with Crippen molar-refractivity contribution in [1.82, 2.24) is 15.3 Å². The van der Waals surface area contributed by atoms with E-state index in [-0.39, 0.29) is 34.4 Å². The summed E-state index contributed by atoms with van der Waals surface area (Å²) in [5.74, 6) is -1.29. The second kappa shape index (κ2) is 11.8. The number of anilines is 2. The van der Waals surface area contributed by atoms with Crippen LogP contribution in [0.2, 0.25) is 5.15 Å². The Morgan fingerprint density at radius 1 is 0.971 bits per heavy atom. The van der Waals surface area contributed by atoms with Crippen LogP contribution in [-0.2, 0) is 11.2 Å². The molecule has 1 heterocycles. The minimum Gasteiger partial charge on any atom is -0.465 e. The van der Waals surface area contributed by atoms with E-state index in [4.69, 9.17) is 33.5 Å². The highest BCUT2D eigenvalue weighted by molar-refractivity contribution is 6.31. The summed E-state index contributed by atoms with van der Waals surface area (Å²) in [4.78, 5) is 35.5. The maximum atomic E-state index is 12.2. The van der Waals surface area contributed by atoms with Crippen molar-refractivity contribution >= 4 is 41.1 Å². The molecule has 0 saturated carbocycles. The van der Waals surface area contributed by atoms with Gasteiger partial charge in [-0.3, -0.25) is 15.1 Å². The number of aryl methyl sites for hydroxylation is 1. The molecule has 0 fully saturated rings. The lowest BCUT2D eigenvalue weighted by Crippen LogP contribution is -2.38. The number of ether oxygens (including phenoxy) is 1. The van der Waals surface area contributed by atoms with Crippen LogP contribution in [0, 0.1) is 0 Å². The van der Waals surface area contributed by atoms with Crippen molar-refractivity contribution < 1.29 is 14.3 Å². The fourth-order valence-corrected chi connectivity index (χ4v) is 3.37. The number of esters is 1. The first-order valence-electron chi connectivity index (χ1n) is 10.8. The summed E-state index contributed by atoms with van der Waals surface area (Å²) in [5.41, 5.74) is 20.5. The molecule has 0 bridgehead atoms. The van der Waals surface area contributed by atoms with Crippen molar-refractivity contribution in [2.24, 2.45) is 10.7 Å². The van der Waals surface area contributed by atoms with E-state index in [1.54, 1.807) is 12.1 Å². The lowest BCUT2D eigenvalue weighted by molar-refractivity contribution is 0.0600. The predicted octanol–water partition coefficient (Wildman–Crippen LogP) is 2.82. The Kier molecular flexibility index (Phi) is 8.58. The van der Waals surface area contributed by atoms with Crippen molar-refractivity contribution in [3.05, 3.63) is 70.5 Å². The average Bonchev–Trinajstić information content (AvgIpc) is 2.86. The van der Waals surface area contributed by atoms with Crippen molar-refractivity contribution in [2.75, 3.05) is 25.1 Å². The maximum Gasteiger partial charge on any atom is 0.337 e. The number of nitrogens with zero attached hydrogens (tertiary/aromatic N) is 3. The Morgan fingerprint density at radius 3 is 2.23 bits per heavy atom. The Bertz CT molecular complexity index is 1230. The molecular weight excluding hydrogens is 470 g/mol. The van der Waals surface area contributed by atoms with Crippen LogP contribution in [0.5, 0.6) is 0 Å². The van der Waals surface area contributed by atoms with Gasteiger partial charge < -0.3 is 21.9 Å². The number of nitrogen functional groups attached to an aromatic ring is 2. The van der Waals surface area contributed by atoms with Gasteiger partial charge in [0, 0.05) is 6.54 Å². The van der Waals surface area contributed by atoms with Gasteiger partial charge in [-0.05, 0) is 48.1 Å². The number of hydrogen-bond donors (Lipinski definition) is 4. The zero-order valence-corrected chi connectivity index (χ0v) is 19.9. The molecule has 0 saturated heterocycles. The molecule has 0 radical (unpaired) electrons. The van der Waals surface area contributed by atoms with Gasteiger partial charge in [0.1, 0.15) is 0 Å². The first-order valence-corrected chi connectivity index (χ1v) is 11.1. The van der Waals surface area contributed by atoms with E-state index in [9.17, 15) is 9.59 Å². The molecular formula is C24H26ClN7O3. The molecule has 11 heteroatoms. The summed E-state index contributed by atoms with van der Waals surface area (Å²) >= 11 is 5.79. The number of unbranched alkanes of at least 4 members (excludes halogenated alkanes) is 1. The number of hydrogen-bond acceptors (Lipinski definition) is 8. The van der Waals surface area contributed by atoms with E-state index < -0.39 is 5.91 Å². The molecule has 182 valence electrons. The van der Waals surface area contributed by atoms with Crippen LogP contribution in [0.4, 0.5) is 11.6 Å². The van der Waals surface area contributed by atoms with Crippen LogP contribution in [0.15, 0.2) is 53.5 Å². The normalized spacial score (nSPS) is 11.2. The molecule has 0 atom stereocenters. The van der Waals surface area contributed by atoms with Crippen molar-refractivity contribution in [3.63, 3.8) is 0 Å². The SMILES string of the molecule is COC(=O)c1ccc(-c2ccc(CCCCN=C(N)NC(=O)c3nc(Cl)c(N)nc3N)cc2)cc1. The summed E-state index contributed by atoms with van der Waals surface area (Å²) in [5, 5.41) is 2.29. The highest BCUT2D eigenvalue weighted by Crippen LogP contribution is 2.21.